The van der Waals surface area contributed by atoms with Crippen molar-refractivity contribution < 1.29 is 14.3 Å². The zero-order chi connectivity index (χ0) is 28.3. The SMILES string of the molecule is COC(=O)N[C@@H](C)C(=O)N1CCC[C@H]1c1ncc(-c2ccc(-c3ccc(-c4cnc([C@@H]5CCCN5)[nH]4)cc3)cc2)[nH]1. The minimum atomic E-state index is -0.676. The maximum absolute atomic E-state index is 13.0. The van der Waals surface area contributed by atoms with Crippen molar-refractivity contribution in [3.8, 4) is 33.6 Å². The molecule has 0 bridgehead atoms. The highest BCUT2D eigenvalue weighted by molar-refractivity contribution is 5.85. The molecule has 6 rings (SSSR count). The normalized spacial score (nSPS) is 19.3. The predicted molar refractivity (Wildman–Crippen MR) is 156 cm³/mol. The maximum Gasteiger partial charge on any atom is 0.407 e. The first-order chi connectivity index (χ1) is 20.0. The Morgan fingerprint density at radius 1 is 0.878 bits per heavy atom. The molecule has 4 heterocycles. The summed E-state index contributed by atoms with van der Waals surface area (Å²) in [6.45, 7) is 3.34. The van der Waals surface area contributed by atoms with Crippen LogP contribution in [0.5, 0.6) is 0 Å². The molecule has 10 nitrogen and oxygen atoms in total. The summed E-state index contributed by atoms with van der Waals surface area (Å²) >= 11 is 0. The second kappa shape index (κ2) is 11.6. The highest BCUT2D eigenvalue weighted by atomic mass is 16.5. The number of imidazole rings is 2. The average molecular weight is 554 g/mol. The number of aromatic nitrogens is 4. The van der Waals surface area contributed by atoms with Crippen LogP contribution in [-0.2, 0) is 9.53 Å². The molecule has 0 unspecified atom stereocenters. The molecule has 2 saturated heterocycles. The van der Waals surface area contributed by atoms with E-state index in [0.717, 1.165) is 71.1 Å². The first-order valence-electron chi connectivity index (χ1n) is 14.2. The molecule has 4 aromatic rings. The van der Waals surface area contributed by atoms with Crippen LogP contribution >= 0.6 is 0 Å². The van der Waals surface area contributed by atoms with Crippen LogP contribution in [0, 0.1) is 0 Å². The summed E-state index contributed by atoms with van der Waals surface area (Å²) < 4.78 is 4.63. The summed E-state index contributed by atoms with van der Waals surface area (Å²) in [5.74, 6) is 1.61. The van der Waals surface area contributed by atoms with Crippen LogP contribution in [-0.4, -0.2) is 63.1 Å². The number of methoxy groups -OCH3 is 1. The zero-order valence-electron chi connectivity index (χ0n) is 23.3. The molecule has 3 atom stereocenters. The first kappa shape index (κ1) is 26.8. The van der Waals surface area contributed by atoms with Gasteiger partial charge < -0.3 is 30.2 Å². The summed E-state index contributed by atoms with van der Waals surface area (Å²) in [5, 5.41) is 6.05. The largest absolute Gasteiger partial charge is 0.453 e. The highest BCUT2D eigenvalue weighted by Crippen LogP contribution is 2.33. The lowest BCUT2D eigenvalue weighted by Crippen LogP contribution is -2.46. The summed E-state index contributed by atoms with van der Waals surface area (Å²) in [6.07, 6.45) is 7.11. The Labute approximate surface area is 238 Å². The molecule has 0 saturated carbocycles. The van der Waals surface area contributed by atoms with Crippen molar-refractivity contribution in [2.45, 2.75) is 50.7 Å². The van der Waals surface area contributed by atoms with E-state index >= 15 is 0 Å². The van der Waals surface area contributed by atoms with Gasteiger partial charge in [0.2, 0.25) is 5.91 Å². The number of hydrogen-bond acceptors (Lipinski definition) is 6. The fraction of sp³-hybridized carbons (Fsp3) is 0.355. The Bertz CT molecular complexity index is 1500. The van der Waals surface area contributed by atoms with Gasteiger partial charge in [-0.15, -0.1) is 0 Å². The van der Waals surface area contributed by atoms with Crippen molar-refractivity contribution in [3.05, 3.63) is 72.6 Å². The number of nitrogens with zero attached hydrogens (tertiary/aromatic N) is 3. The van der Waals surface area contributed by atoms with Crippen molar-refractivity contribution in [2.75, 3.05) is 20.2 Å². The molecule has 0 radical (unpaired) electrons. The van der Waals surface area contributed by atoms with E-state index in [-0.39, 0.29) is 11.9 Å². The van der Waals surface area contributed by atoms with E-state index in [0.29, 0.717) is 12.6 Å². The monoisotopic (exact) mass is 553 g/mol. The number of alkyl carbamates (subject to hydrolysis) is 1. The molecule has 2 aromatic heterocycles. The van der Waals surface area contributed by atoms with Gasteiger partial charge in [0, 0.05) is 6.54 Å². The molecule has 2 aromatic carbocycles. The van der Waals surface area contributed by atoms with Gasteiger partial charge in [-0.25, -0.2) is 14.8 Å². The Hall–Kier alpha value is -4.44. The second-order valence-corrected chi connectivity index (χ2v) is 10.7. The number of benzene rings is 2. The van der Waals surface area contributed by atoms with Gasteiger partial charge in [-0.3, -0.25) is 4.79 Å². The topological polar surface area (TPSA) is 128 Å². The van der Waals surface area contributed by atoms with E-state index in [1.54, 1.807) is 11.8 Å². The molecular weight excluding hydrogens is 518 g/mol. The molecule has 10 heteroatoms. The van der Waals surface area contributed by atoms with Crippen LogP contribution in [0.1, 0.15) is 56.3 Å². The van der Waals surface area contributed by atoms with E-state index in [9.17, 15) is 9.59 Å². The lowest BCUT2D eigenvalue weighted by Gasteiger charge is -2.26. The fourth-order valence-electron chi connectivity index (χ4n) is 5.78. The van der Waals surface area contributed by atoms with Crippen molar-refractivity contribution in [3.63, 3.8) is 0 Å². The number of likely N-dealkylation sites (tertiary alicyclic amines) is 1. The Morgan fingerprint density at radius 3 is 2.05 bits per heavy atom. The molecule has 41 heavy (non-hydrogen) atoms. The van der Waals surface area contributed by atoms with Gasteiger partial charge in [-0.05, 0) is 61.4 Å². The molecule has 2 amide bonds. The standard InChI is InChI=1S/C31H35N7O3/c1-19(35-31(40)41-2)30(39)38-16-4-6-27(38)29-34-18-26(37-29)23-13-9-21(10-14-23)20-7-11-22(12-8-20)25-17-33-28(36-25)24-5-3-15-32-24/h7-14,17-19,24,27,32H,3-6,15-16H2,1-2H3,(H,33,36)(H,34,37)(H,35,40)/t19-,24-,27-/m0/s1. The van der Waals surface area contributed by atoms with Crippen molar-refractivity contribution in [1.82, 2.24) is 35.5 Å². The van der Waals surface area contributed by atoms with Crippen LogP contribution in [0.15, 0.2) is 60.9 Å². The summed E-state index contributed by atoms with van der Waals surface area (Å²) in [7, 11) is 1.28. The Morgan fingerprint density at radius 2 is 1.46 bits per heavy atom. The van der Waals surface area contributed by atoms with E-state index in [4.69, 9.17) is 0 Å². The molecule has 2 fully saturated rings. The van der Waals surface area contributed by atoms with Crippen LogP contribution in [0.2, 0.25) is 0 Å². The number of H-pyrrole nitrogens is 2. The van der Waals surface area contributed by atoms with Gasteiger partial charge in [0.15, 0.2) is 0 Å². The third-order valence-electron chi connectivity index (χ3n) is 8.05. The first-order valence-corrected chi connectivity index (χ1v) is 14.2. The zero-order valence-corrected chi connectivity index (χ0v) is 23.3. The number of aromatic amines is 2. The fourth-order valence-corrected chi connectivity index (χ4v) is 5.78. The number of carbonyl (C=O) groups excluding carboxylic acids is 2. The van der Waals surface area contributed by atoms with Gasteiger partial charge in [0.05, 0.1) is 43.0 Å². The third-order valence-corrected chi connectivity index (χ3v) is 8.05. The molecule has 4 N–H and O–H groups in total. The number of ether oxygens (including phenoxy) is 1. The van der Waals surface area contributed by atoms with Crippen molar-refractivity contribution >= 4 is 12.0 Å². The molecule has 0 aliphatic carbocycles. The van der Waals surface area contributed by atoms with Crippen molar-refractivity contribution in [1.29, 1.82) is 0 Å². The number of rotatable bonds is 7. The Kier molecular flexibility index (Phi) is 7.56. The molecule has 212 valence electrons. The van der Waals surface area contributed by atoms with Gasteiger partial charge in [0.1, 0.15) is 17.7 Å². The molecule has 2 aliphatic heterocycles. The smallest absolute Gasteiger partial charge is 0.407 e. The summed E-state index contributed by atoms with van der Waals surface area (Å²) in [4.78, 5) is 42.4. The van der Waals surface area contributed by atoms with Crippen LogP contribution in [0.4, 0.5) is 4.79 Å². The van der Waals surface area contributed by atoms with E-state index in [1.807, 2.05) is 12.4 Å². The highest BCUT2D eigenvalue weighted by Gasteiger charge is 2.34. The van der Waals surface area contributed by atoms with Gasteiger partial charge in [0.25, 0.3) is 0 Å². The van der Waals surface area contributed by atoms with Crippen LogP contribution in [0.3, 0.4) is 0 Å². The van der Waals surface area contributed by atoms with E-state index in [1.165, 1.54) is 13.5 Å². The van der Waals surface area contributed by atoms with Gasteiger partial charge in [-0.2, -0.15) is 0 Å². The van der Waals surface area contributed by atoms with Crippen LogP contribution < -0.4 is 10.6 Å². The molecule has 2 aliphatic rings. The van der Waals surface area contributed by atoms with Crippen molar-refractivity contribution in [2.24, 2.45) is 0 Å². The Balaban J connectivity index is 1.12. The molecular formula is C31H35N7O3. The maximum atomic E-state index is 13.0. The minimum Gasteiger partial charge on any atom is -0.453 e. The summed E-state index contributed by atoms with van der Waals surface area (Å²) in [6, 6.07) is 16.4. The van der Waals surface area contributed by atoms with Crippen LogP contribution in [0.25, 0.3) is 33.6 Å². The number of carbonyl (C=O) groups is 2. The molecule has 0 spiro atoms. The predicted octanol–water partition coefficient (Wildman–Crippen LogP) is 4.97. The number of amides is 2. The average Bonchev–Trinajstić information content (AvgIpc) is 3.82. The third kappa shape index (κ3) is 5.60. The lowest BCUT2D eigenvalue weighted by molar-refractivity contribution is -0.134. The van der Waals surface area contributed by atoms with Gasteiger partial charge in [-0.1, -0.05) is 48.5 Å². The van der Waals surface area contributed by atoms with E-state index < -0.39 is 12.1 Å². The quantitative estimate of drug-likeness (QED) is 0.256. The number of nitrogens with one attached hydrogen (secondary N) is 4. The lowest BCUT2D eigenvalue weighted by atomic mass is 10.0. The van der Waals surface area contributed by atoms with E-state index in [2.05, 4.69) is 83.8 Å². The summed E-state index contributed by atoms with van der Waals surface area (Å²) in [5.41, 5.74) is 6.32. The second-order valence-electron chi connectivity index (χ2n) is 10.7. The number of hydrogen-bond donors (Lipinski definition) is 4. The minimum absolute atomic E-state index is 0.148. The van der Waals surface area contributed by atoms with Gasteiger partial charge >= 0.3 is 6.09 Å².